The fourth-order valence-corrected chi connectivity index (χ4v) is 2.58. The third-order valence-corrected chi connectivity index (χ3v) is 4.26. The Morgan fingerprint density at radius 2 is 1.39 bits per heavy atom. The van der Waals surface area contributed by atoms with E-state index in [1.54, 1.807) is 6.92 Å². The smallest absolute Gasteiger partial charge is 0.160 e. The van der Waals surface area contributed by atoms with Crippen molar-refractivity contribution in [3.8, 4) is 0 Å². The fraction of sp³-hybridized carbons (Fsp3) is 0.471. The van der Waals surface area contributed by atoms with Crippen LogP contribution in [0.3, 0.4) is 0 Å². The molecule has 98 valence electrons. The largest absolute Gasteiger partial charge is 0.294 e. The van der Waals surface area contributed by atoms with Crippen molar-refractivity contribution in [1.82, 2.24) is 0 Å². The minimum Gasteiger partial charge on any atom is -0.294 e. The molecule has 0 aliphatic heterocycles. The van der Waals surface area contributed by atoms with Crippen LogP contribution in [0.25, 0.3) is 0 Å². The molecule has 0 spiro atoms. The predicted molar refractivity (Wildman–Crippen MR) is 78.6 cm³/mol. The van der Waals surface area contributed by atoms with Gasteiger partial charge in [-0.3, -0.25) is 4.79 Å². The molecule has 18 heavy (non-hydrogen) atoms. The first-order valence-electron chi connectivity index (χ1n) is 6.46. The molecule has 0 N–H and O–H groups in total. The van der Waals surface area contributed by atoms with Gasteiger partial charge in [0.25, 0.3) is 0 Å². The van der Waals surface area contributed by atoms with E-state index >= 15 is 0 Å². The second-order valence-corrected chi connectivity index (χ2v) is 5.41. The van der Waals surface area contributed by atoms with Crippen LogP contribution in [0.15, 0.2) is 12.2 Å². The van der Waals surface area contributed by atoms with Gasteiger partial charge >= 0.3 is 0 Å². The van der Waals surface area contributed by atoms with Gasteiger partial charge in [0.2, 0.25) is 0 Å². The van der Waals surface area contributed by atoms with E-state index in [2.05, 4.69) is 34.3 Å². The Morgan fingerprint density at radius 1 is 0.944 bits per heavy atom. The first kappa shape index (κ1) is 14.7. The van der Waals surface area contributed by atoms with Gasteiger partial charge in [0.15, 0.2) is 5.78 Å². The summed E-state index contributed by atoms with van der Waals surface area (Å²) < 4.78 is 0. The van der Waals surface area contributed by atoms with E-state index < -0.39 is 0 Å². The molecule has 0 saturated heterocycles. The van der Waals surface area contributed by atoms with E-state index in [0.717, 1.165) is 22.3 Å². The van der Waals surface area contributed by atoms with Crippen LogP contribution in [-0.4, -0.2) is 5.78 Å². The molecule has 1 nitrogen and oxygen atoms in total. The van der Waals surface area contributed by atoms with Crippen molar-refractivity contribution in [3.63, 3.8) is 0 Å². The topological polar surface area (TPSA) is 17.1 Å². The molecular weight excluding hydrogens is 220 g/mol. The molecule has 1 atom stereocenters. The Balaban J connectivity index is 3.77. The lowest BCUT2D eigenvalue weighted by molar-refractivity contribution is 0.101. The van der Waals surface area contributed by atoms with Gasteiger partial charge in [-0.15, -0.1) is 0 Å². The van der Waals surface area contributed by atoms with Gasteiger partial charge in [0.05, 0.1) is 0 Å². The minimum absolute atomic E-state index is 0.154. The van der Waals surface area contributed by atoms with Crippen LogP contribution in [0.4, 0.5) is 0 Å². The Hall–Kier alpha value is -1.37. The van der Waals surface area contributed by atoms with Gasteiger partial charge in [-0.2, -0.15) is 0 Å². The third-order valence-electron chi connectivity index (χ3n) is 4.26. The van der Waals surface area contributed by atoms with Crippen LogP contribution >= 0.6 is 0 Å². The van der Waals surface area contributed by atoms with Gasteiger partial charge in [-0.05, 0) is 69.4 Å². The average molecular weight is 244 g/mol. The maximum Gasteiger partial charge on any atom is 0.160 e. The first-order chi connectivity index (χ1) is 8.20. The van der Waals surface area contributed by atoms with Gasteiger partial charge in [-0.1, -0.05) is 19.1 Å². The van der Waals surface area contributed by atoms with Crippen molar-refractivity contribution in [2.75, 3.05) is 0 Å². The van der Waals surface area contributed by atoms with Crippen LogP contribution in [0, 0.1) is 27.7 Å². The van der Waals surface area contributed by atoms with Crippen LogP contribution in [0.2, 0.25) is 0 Å². The van der Waals surface area contributed by atoms with E-state index in [-0.39, 0.29) is 11.7 Å². The predicted octanol–water partition coefficient (Wildman–Crippen LogP) is 4.80. The summed E-state index contributed by atoms with van der Waals surface area (Å²) in [6, 6.07) is 0. The summed E-state index contributed by atoms with van der Waals surface area (Å²) in [5.41, 5.74) is 8.04. The Labute approximate surface area is 111 Å². The number of carbonyl (C=O) groups is 1. The Bertz CT molecular complexity index is 521. The Morgan fingerprint density at radius 3 is 1.78 bits per heavy atom. The maximum absolute atomic E-state index is 12.0. The molecule has 0 aliphatic carbocycles. The third kappa shape index (κ3) is 2.27. The van der Waals surface area contributed by atoms with Crippen molar-refractivity contribution in [3.05, 3.63) is 45.5 Å². The average Bonchev–Trinajstić information content (AvgIpc) is 2.29. The summed E-state index contributed by atoms with van der Waals surface area (Å²) in [7, 11) is 0. The van der Waals surface area contributed by atoms with Crippen molar-refractivity contribution in [2.45, 2.75) is 54.4 Å². The molecule has 0 radical (unpaired) electrons. The maximum atomic E-state index is 12.0. The van der Waals surface area contributed by atoms with Crippen molar-refractivity contribution in [2.24, 2.45) is 0 Å². The number of ketones is 1. The zero-order chi connectivity index (χ0) is 14.2. The lowest BCUT2D eigenvalue weighted by Crippen LogP contribution is -2.12. The molecule has 0 fully saturated rings. The SMILES string of the molecule is C=C(C)C(C)c1c(C)c(C)c(C)c(C)c1C(C)=O. The van der Waals surface area contributed by atoms with E-state index in [1.165, 1.54) is 16.7 Å². The molecule has 0 amide bonds. The zero-order valence-electron chi connectivity index (χ0n) is 12.7. The molecule has 0 aliphatic rings. The van der Waals surface area contributed by atoms with E-state index in [4.69, 9.17) is 0 Å². The molecule has 1 rings (SSSR count). The van der Waals surface area contributed by atoms with Crippen molar-refractivity contribution < 1.29 is 4.79 Å². The van der Waals surface area contributed by atoms with Gasteiger partial charge in [0, 0.05) is 11.5 Å². The highest BCUT2D eigenvalue weighted by atomic mass is 16.1. The summed E-state index contributed by atoms with van der Waals surface area (Å²) in [6.45, 7) is 18.3. The summed E-state index contributed by atoms with van der Waals surface area (Å²) in [6.07, 6.45) is 0. The highest BCUT2D eigenvalue weighted by Crippen LogP contribution is 2.34. The number of Topliss-reactive ketones (excluding diaryl/α,β-unsaturated/α-hetero) is 1. The van der Waals surface area contributed by atoms with Gasteiger partial charge in [0.1, 0.15) is 0 Å². The minimum atomic E-state index is 0.154. The quantitative estimate of drug-likeness (QED) is 0.551. The van der Waals surface area contributed by atoms with E-state index in [1.807, 2.05) is 13.8 Å². The Kier molecular flexibility index (Phi) is 4.16. The van der Waals surface area contributed by atoms with Crippen molar-refractivity contribution >= 4 is 5.78 Å². The molecule has 0 aromatic heterocycles. The number of hydrogen-bond donors (Lipinski definition) is 0. The van der Waals surface area contributed by atoms with Crippen LogP contribution < -0.4 is 0 Å². The highest BCUT2D eigenvalue weighted by molar-refractivity contribution is 5.98. The highest BCUT2D eigenvalue weighted by Gasteiger charge is 2.22. The van der Waals surface area contributed by atoms with Crippen LogP contribution in [0.5, 0.6) is 0 Å². The summed E-state index contributed by atoms with van der Waals surface area (Å²) in [4.78, 5) is 12.0. The molecule has 1 unspecified atom stereocenters. The first-order valence-corrected chi connectivity index (χ1v) is 6.46. The van der Waals surface area contributed by atoms with E-state index in [0.29, 0.717) is 0 Å². The molecule has 0 heterocycles. The molecule has 1 aromatic rings. The molecule has 0 bridgehead atoms. The molecule has 0 saturated carbocycles. The fourth-order valence-electron chi connectivity index (χ4n) is 2.58. The number of carbonyl (C=O) groups excluding carboxylic acids is 1. The summed E-state index contributed by atoms with van der Waals surface area (Å²) in [5.74, 6) is 0.378. The molecule has 1 heteroatoms. The van der Waals surface area contributed by atoms with E-state index in [9.17, 15) is 4.79 Å². The zero-order valence-corrected chi connectivity index (χ0v) is 12.7. The lowest BCUT2D eigenvalue weighted by Gasteiger charge is -2.24. The van der Waals surface area contributed by atoms with Crippen LogP contribution in [-0.2, 0) is 0 Å². The standard InChI is InChI=1S/C17H24O/c1-9(2)10(3)16-13(6)11(4)12(5)14(7)17(16)15(8)18/h10H,1H2,2-8H3. The summed E-state index contributed by atoms with van der Waals surface area (Å²) >= 11 is 0. The number of rotatable bonds is 3. The van der Waals surface area contributed by atoms with Gasteiger partial charge in [-0.25, -0.2) is 0 Å². The summed E-state index contributed by atoms with van der Waals surface area (Å²) in [5, 5.41) is 0. The van der Waals surface area contributed by atoms with Gasteiger partial charge < -0.3 is 0 Å². The number of benzene rings is 1. The molecule has 1 aromatic carbocycles. The second kappa shape index (κ2) is 5.09. The monoisotopic (exact) mass is 244 g/mol. The normalized spacial score (nSPS) is 12.4. The number of hydrogen-bond acceptors (Lipinski definition) is 1. The molecular formula is C17H24O. The number of allylic oxidation sites excluding steroid dienone is 1. The second-order valence-electron chi connectivity index (χ2n) is 5.41. The van der Waals surface area contributed by atoms with Crippen LogP contribution in [0.1, 0.15) is 64.9 Å². The van der Waals surface area contributed by atoms with Crippen molar-refractivity contribution in [1.29, 1.82) is 0 Å². The lowest BCUT2D eigenvalue weighted by atomic mass is 9.80.